The van der Waals surface area contributed by atoms with E-state index in [-0.39, 0.29) is 17.5 Å². The summed E-state index contributed by atoms with van der Waals surface area (Å²) in [6, 6.07) is 0.369. The van der Waals surface area contributed by atoms with Crippen LogP contribution in [0, 0.1) is 6.92 Å². The van der Waals surface area contributed by atoms with Gasteiger partial charge in [0, 0.05) is 11.3 Å². The minimum Gasteiger partial charge on any atom is -0.478 e. The number of rotatable bonds is 2. The third-order valence-electron chi connectivity index (χ3n) is 2.33. The highest BCUT2D eigenvalue weighted by Crippen LogP contribution is 2.36. The molecule has 1 aromatic carbocycles. The van der Waals surface area contributed by atoms with Gasteiger partial charge in [-0.1, -0.05) is 0 Å². The molecule has 0 fully saturated rings. The van der Waals surface area contributed by atoms with Crippen LogP contribution in [0.2, 0.25) is 0 Å². The van der Waals surface area contributed by atoms with Gasteiger partial charge in [0.1, 0.15) is 0 Å². The van der Waals surface area contributed by atoms with Crippen molar-refractivity contribution >= 4 is 17.9 Å². The molecule has 0 aliphatic carbocycles. The van der Waals surface area contributed by atoms with Crippen molar-refractivity contribution in [2.45, 2.75) is 13.1 Å². The quantitative estimate of drug-likeness (QED) is 0.619. The number of carbonyl (C=O) groups is 2. The van der Waals surface area contributed by atoms with E-state index in [9.17, 15) is 22.8 Å². The van der Waals surface area contributed by atoms with Gasteiger partial charge in [-0.3, -0.25) is 4.79 Å². The maximum Gasteiger partial charge on any atom is 0.417 e. The van der Waals surface area contributed by atoms with Crippen molar-refractivity contribution in [3.05, 3.63) is 28.3 Å². The number of nitrogens with two attached hydrogens (primary N) is 1. The topological polar surface area (TPSA) is 80.4 Å². The van der Waals surface area contributed by atoms with Crippen LogP contribution in [0.15, 0.2) is 6.07 Å². The zero-order valence-corrected chi connectivity index (χ0v) is 8.63. The molecule has 1 aromatic rings. The Labute approximate surface area is 93.8 Å². The fourth-order valence-corrected chi connectivity index (χ4v) is 1.41. The highest BCUT2D eigenvalue weighted by Gasteiger charge is 2.36. The lowest BCUT2D eigenvalue weighted by Gasteiger charge is -2.15. The lowest BCUT2D eigenvalue weighted by atomic mass is 9.96. The van der Waals surface area contributed by atoms with Crippen molar-refractivity contribution in [3.8, 4) is 0 Å². The van der Waals surface area contributed by atoms with Crippen molar-refractivity contribution in [2.24, 2.45) is 0 Å². The van der Waals surface area contributed by atoms with Crippen molar-refractivity contribution in [1.82, 2.24) is 0 Å². The SMILES string of the molecule is Cc1c(N)c(C(=O)O)cc(C(F)(F)F)c1C=O. The van der Waals surface area contributed by atoms with Crippen LogP contribution in [0.5, 0.6) is 0 Å². The summed E-state index contributed by atoms with van der Waals surface area (Å²) in [5, 5.41) is 8.71. The number of nitrogen functional groups attached to an aromatic ring is 1. The maximum absolute atomic E-state index is 12.6. The van der Waals surface area contributed by atoms with E-state index >= 15 is 0 Å². The fraction of sp³-hybridized carbons (Fsp3) is 0.200. The lowest BCUT2D eigenvalue weighted by molar-refractivity contribution is -0.137. The Morgan fingerprint density at radius 2 is 2.00 bits per heavy atom. The van der Waals surface area contributed by atoms with Crippen LogP contribution in [0.1, 0.15) is 31.8 Å². The number of hydrogen-bond donors (Lipinski definition) is 2. The number of hydrogen-bond acceptors (Lipinski definition) is 3. The van der Waals surface area contributed by atoms with Crippen LogP contribution in [0.3, 0.4) is 0 Å². The van der Waals surface area contributed by atoms with Gasteiger partial charge in [0.05, 0.1) is 11.1 Å². The standard InChI is InChI=1S/C10H8F3NO3/c1-4-6(3-15)7(10(11,12)13)2-5(8(4)14)9(16)17/h2-3H,14H2,1H3,(H,16,17). The number of alkyl halides is 3. The first kappa shape index (κ1) is 13.0. The van der Waals surface area contributed by atoms with Crippen molar-refractivity contribution < 1.29 is 27.9 Å². The molecule has 3 N–H and O–H groups in total. The number of benzene rings is 1. The molecule has 4 nitrogen and oxygen atoms in total. The second kappa shape index (κ2) is 4.08. The van der Waals surface area contributed by atoms with E-state index in [1.165, 1.54) is 6.92 Å². The Balaban J connectivity index is 3.71. The summed E-state index contributed by atoms with van der Waals surface area (Å²) >= 11 is 0. The molecule has 0 aliphatic heterocycles. The van der Waals surface area contributed by atoms with E-state index in [4.69, 9.17) is 10.8 Å². The molecule has 0 spiro atoms. The Bertz CT molecular complexity index is 495. The first-order valence-electron chi connectivity index (χ1n) is 4.39. The molecule has 1 rings (SSSR count). The summed E-state index contributed by atoms with van der Waals surface area (Å²) in [6.07, 6.45) is -4.79. The molecule has 0 saturated heterocycles. The summed E-state index contributed by atoms with van der Waals surface area (Å²) in [4.78, 5) is 21.3. The van der Waals surface area contributed by atoms with E-state index in [0.29, 0.717) is 6.07 Å². The minimum absolute atomic E-state index is 0.0140. The van der Waals surface area contributed by atoms with Crippen LogP contribution in [0.4, 0.5) is 18.9 Å². The molecule has 0 aromatic heterocycles. The highest BCUT2D eigenvalue weighted by molar-refractivity contribution is 5.97. The highest BCUT2D eigenvalue weighted by atomic mass is 19.4. The average Bonchev–Trinajstić information content (AvgIpc) is 2.19. The van der Waals surface area contributed by atoms with Crippen molar-refractivity contribution in [2.75, 3.05) is 5.73 Å². The van der Waals surface area contributed by atoms with Crippen molar-refractivity contribution in [3.63, 3.8) is 0 Å². The predicted molar refractivity (Wildman–Crippen MR) is 52.9 cm³/mol. The van der Waals surface area contributed by atoms with Crippen molar-refractivity contribution in [1.29, 1.82) is 0 Å². The third kappa shape index (κ3) is 2.22. The molecule has 0 atom stereocenters. The molecular weight excluding hydrogens is 239 g/mol. The number of carboxylic acid groups (broad SMARTS) is 1. The van der Waals surface area contributed by atoms with Gasteiger partial charge in [0.15, 0.2) is 6.29 Å². The number of anilines is 1. The first-order valence-corrected chi connectivity index (χ1v) is 4.39. The van der Waals surface area contributed by atoms with Crippen LogP contribution < -0.4 is 5.73 Å². The lowest BCUT2D eigenvalue weighted by Crippen LogP contribution is -2.15. The van der Waals surface area contributed by atoms with Gasteiger partial charge in [0.25, 0.3) is 0 Å². The zero-order valence-electron chi connectivity index (χ0n) is 8.63. The monoisotopic (exact) mass is 247 g/mol. The Morgan fingerprint density at radius 3 is 2.35 bits per heavy atom. The number of carboxylic acids is 1. The Hall–Kier alpha value is -2.05. The zero-order chi connectivity index (χ0) is 13.4. The van der Waals surface area contributed by atoms with E-state index in [1.54, 1.807) is 0 Å². The number of aromatic carboxylic acids is 1. The molecule has 7 heteroatoms. The normalized spacial score (nSPS) is 11.3. The molecule has 17 heavy (non-hydrogen) atoms. The largest absolute Gasteiger partial charge is 0.478 e. The molecular formula is C10H8F3NO3. The number of halogens is 3. The van der Waals surface area contributed by atoms with Gasteiger partial charge in [-0.15, -0.1) is 0 Å². The number of carbonyl (C=O) groups excluding carboxylic acids is 1. The first-order chi connectivity index (χ1) is 7.70. The van der Waals surface area contributed by atoms with Crippen LogP contribution in [0.25, 0.3) is 0 Å². The molecule has 92 valence electrons. The summed E-state index contributed by atoms with van der Waals surface area (Å²) in [6.45, 7) is 1.17. The van der Waals surface area contributed by atoms with Gasteiger partial charge in [-0.25, -0.2) is 4.79 Å². The van der Waals surface area contributed by atoms with E-state index in [1.807, 2.05) is 0 Å². The fourth-order valence-electron chi connectivity index (χ4n) is 1.41. The summed E-state index contributed by atoms with van der Waals surface area (Å²) in [5.74, 6) is -1.58. The second-order valence-electron chi connectivity index (χ2n) is 3.34. The molecule has 0 bridgehead atoms. The molecule has 0 heterocycles. The predicted octanol–water partition coefficient (Wildman–Crippen LogP) is 2.11. The van der Waals surface area contributed by atoms with Crippen LogP contribution >= 0.6 is 0 Å². The summed E-state index contributed by atoms with van der Waals surface area (Å²) in [5.41, 5.74) is 2.24. The molecule has 0 amide bonds. The Morgan fingerprint density at radius 1 is 1.47 bits per heavy atom. The molecule has 0 saturated carbocycles. The minimum atomic E-state index is -4.81. The molecule has 0 unspecified atom stereocenters. The summed E-state index contributed by atoms with van der Waals surface area (Å²) < 4.78 is 37.8. The van der Waals surface area contributed by atoms with E-state index in [0.717, 1.165) is 0 Å². The smallest absolute Gasteiger partial charge is 0.417 e. The van der Waals surface area contributed by atoms with Gasteiger partial charge < -0.3 is 10.8 Å². The molecule has 0 radical (unpaired) electrons. The molecule has 0 aliphatic rings. The van der Waals surface area contributed by atoms with Gasteiger partial charge >= 0.3 is 12.1 Å². The van der Waals surface area contributed by atoms with Gasteiger partial charge in [-0.2, -0.15) is 13.2 Å². The summed E-state index contributed by atoms with van der Waals surface area (Å²) in [7, 11) is 0. The van der Waals surface area contributed by atoms with E-state index < -0.39 is 28.8 Å². The van der Waals surface area contributed by atoms with Gasteiger partial charge in [-0.05, 0) is 18.6 Å². The van der Waals surface area contributed by atoms with Crippen LogP contribution in [-0.2, 0) is 6.18 Å². The second-order valence-corrected chi connectivity index (χ2v) is 3.34. The number of aldehydes is 1. The van der Waals surface area contributed by atoms with E-state index in [2.05, 4.69) is 0 Å². The maximum atomic E-state index is 12.6. The van der Waals surface area contributed by atoms with Gasteiger partial charge in [0.2, 0.25) is 0 Å². The van der Waals surface area contributed by atoms with Crippen LogP contribution in [-0.4, -0.2) is 17.4 Å². The average molecular weight is 247 g/mol. The third-order valence-corrected chi connectivity index (χ3v) is 2.33. The Kier molecular flexibility index (Phi) is 3.12.